The van der Waals surface area contributed by atoms with E-state index in [1.54, 1.807) is 30.1 Å². The van der Waals surface area contributed by atoms with Crippen molar-refractivity contribution in [3.63, 3.8) is 0 Å². The molecular formula is C10H16N2O3S. The van der Waals surface area contributed by atoms with Crippen LogP contribution in [0.5, 0.6) is 0 Å². The molecule has 0 saturated heterocycles. The van der Waals surface area contributed by atoms with Crippen molar-refractivity contribution in [3.05, 3.63) is 18.0 Å². The number of aryl methyl sites for hydroxylation is 1. The molecule has 5 nitrogen and oxygen atoms in total. The molecule has 1 aromatic heterocycles. The molecule has 0 spiro atoms. The van der Waals surface area contributed by atoms with E-state index < -0.39 is 11.2 Å². The van der Waals surface area contributed by atoms with Crippen LogP contribution in [0, 0.1) is 0 Å². The number of hydrogen-bond acceptors (Lipinski definition) is 4. The zero-order valence-corrected chi connectivity index (χ0v) is 10.3. The van der Waals surface area contributed by atoms with Crippen molar-refractivity contribution in [3.8, 4) is 0 Å². The Morgan fingerprint density at radius 1 is 1.69 bits per heavy atom. The summed E-state index contributed by atoms with van der Waals surface area (Å²) in [7, 11) is 0. The van der Waals surface area contributed by atoms with Crippen LogP contribution in [0.25, 0.3) is 0 Å². The molecule has 0 aliphatic rings. The van der Waals surface area contributed by atoms with Gasteiger partial charge in [0.1, 0.15) is 11.4 Å². The molecule has 1 rings (SSSR count). The van der Waals surface area contributed by atoms with Gasteiger partial charge in [0.2, 0.25) is 0 Å². The fourth-order valence-electron chi connectivity index (χ4n) is 1.31. The summed E-state index contributed by atoms with van der Waals surface area (Å²) in [5.41, 5.74) is 0.448. The standard InChI is InChI=1S/C10H16N2O3S/c1-3-15-10(13)9-5-6-11-12(9)7-4-8-16(2)14/h5-6H,3-4,7-8H2,1-2H3. The third kappa shape index (κ3) is 3.86. The van der Waals surface area contributed by atoms with E-state index in [0.29, 0.717) is 24.6 Å². The van der Waals surface area contributed by atoms with E-state index in [-0.39, 0.29) is 5.97 Å². The average molecular weight is 244 g/mol. The van der Waals surface area contributed by atoms with Gasteiger partial charge < -0.3 is 9.29 Å². The Morgan fingerprint density at radius 2 is 2.44 bits per heavy atom. The second-order valence-electron chi connectivity index (χ2n) is 3.29. The number of carbonyl (C=O) groups excluding carboxylic acids is 1. The number of nitrogens with zero attached hydrogens (tertiary/aromatic N) is 2. The number of esters is 1. The fourth-order valence-corrected chi connectivity index (χ4v) is 1.84. The zero-order chi connectivity index (χ0) is 12.0. The summed E-state index contributed by atoms with van der Waals surface area (Å²) in [6.45, 7) is 2.70. The van der Waals surface area contributed by atoms with Gasteiger partial charge in [-0.1, -0.05) is 11.2 Å². The highest BCUT2D eigenvalue weighted by Crippen LogP contribution is 2.03. The largest absolute Gasteiger partial charge is 0.617 e. The minimum absolute atomic E-state index is 0.350. The Morgan fingerprint density at radius 3 is 3.06 bits per heavy atom. The molecule has 1 aromatic rings. The van der Waals surface area contributed by atoms with E-state index in [0.717, 1.165) is 6.42 Å². The molecule has 0 aliphatic heterocycles. The smallest absolute Gasteiger partial charge is 0.356 e. The van der Waals surface area contributed by atoms with Gasteiger partial charge >= 0.3 is 5.97 Å². The first-order valence-electron chi connectivity index (χ1n) is 5.14. The molecule has 0 aliphatic carbocycles. The van der Waals surface area contributed by atoms with Crippen molar-refractivity contribution in [1.29, 1.82) is 0 Å². The first kappa shape index (κ1) is 13.1. The van der Waals surface area contributed by atoms with Gasteiger partial charge in [0, 0.05) is 19.2 Å². The Kier molecular flexibility index (Phi) is 5.34. The molecule has 90 valence electrons. The molecule has 0 radical (unpaired) electrons. The van der Waals surface area contributed by atoms with Crippen LogP contribution in [0.3, 0.4) is 0 Å². The number of carbonyl (C=O) groups is 1. The van der Waals surface area contributed by atoms with Gasteiger partial charge in [-0.15, -0.1) is 0 Å². The van der Waals surface area contributed by atoms with Gasteiger partial charge in [-0.25, -0.2) is 4.79 Å². The lowest BCUT2D eigenvalue weighted by Gasteiger charge is -2.07. The Bertz CT molecular complexity index is 339. The van der Waals surface area contributed by atoms with Crippen LogP contribution in [0.2, 0.25) is 0 Å². The van der Waals surface area contributed by atoms with Gasteiger partial charge in [-0.2, -0.15) is 5.10 Å². The highest BCUT2D eigenvalue weighted by Gasteiger charge is 2.12. The summed E-state index contributed by atoms with van der Waals surface area (Å²) in [4.78, 5) is 11.5. The average Bonchev–Trinajstić information content (AvgIpc) is 2.66. The Hall–Kier alpha value is -1.01. The summed E-state index contributed by atoms with van der Waals surface area (Å²) in [6, 6.07) is 1.63. The van der Waals surface area contributed by atoms with Crippen LogP contribution >= 0.6 is 0 Å². The van der Waals surface area contributed by atoms with Crippen LogP contribution in [0.4, 0.5) is 0 Å². The number of aromatic nitrogens is 2. The predicted molar refractivity (Wildman–Crippen MR) is 61.7 cm³/mol. The first-order valence-corrected chi connectivity index (χ1v) is 6.86. The molecule has 0 saturated carbocycles. The number of hydrogen-bond donors (Lipinski definition) is 0. The van der Waals surface area contributed by atoms with Crippen molar-refractivity contribution in [2.24, 2.45) is 0 Å². The van der Waals surface area contributed by atoms with Gasteiger partial charge in [0.15, 0.2) is 0 Å². The van der Waals surface area contributed by atoms with Crippen LogP contribution in [0.15, 0.2) is 12.3 Å². The van der Waals surface area contributed by atoms with E-state index in [1.807, 2.05) is 0 Å². The molecule has 1 heterocycles. The van der Waals surface area contributed by atoms with Crippen molar-refractivity contribution in [2.75, 3.05) is 18.6 Å². The second-order valence-corrected chi connectivity index (χ2v) is 4.85. The van der Waals surface area contributed by atoms with Gasteiger partial charge in [-0.3, -0.25) is 4.68 Å². The van der Waals surface area contributed by atoms with E-state index in [2.05, 4.69) is 5.10 Å². The van der Waals surface area contributed by atoms with E-state index >= 15 is 0 Å². The quantitative estimate of drug-likeness (QED) is 0.549. The van der Waals surface area contributed by atoms with E-state index in [1.165, 1.54) is 0 Å². The lowest BCUT2D eigenvalue weighted by atomic mass is 10.4. The normalized spacial score (nSPS) is 12.4. The summed E-state index contributed by atoms with van der Waals surface area (Å²) in [5.74, 6) is 0.250. The van der Waals surface area contributed by atoms with Crippen LogP contribution < -0.4 is 0 Å². The second kappa shape index (κ2) is 6.55. The molecule has 0 amide bonds. The third-order valence-electron chi connectivity index (χ3n) is 2.00. The summed E-state index contributed by atoms with van der Waals surface area (Å²) in [5, 5.41) is 4.03. The van der Waals surface area contributed by atoms with Crippen molar-refractivity contribution >= 4 is 17.1 Å². The van der Waals surface area contributed by atoms with Crippen molar-refractivity contribution < 1.29 is 14.1 Å². The summed E-state index contributed by atoms with van der Waals surface area (Å²) < 4.78 is 17.4. The van der Waals surface area contributed by atoms with Crippen molar-refractivity contribution in [1.82, 2.24) is 9.78 Å². The maximum atomic E-state index is 11.5. The zero-order valence-electron chi connectivity index (χ0n) is 9.51. The van der Waals surface area contributed by atoms with Crippen LogP contribution in [-0.2, 0) is 22.5 Å². The minimum Gasteiger partial charge on any atom is -0.617 e. The number of ether oxygens (including phenoxy) is 1. The SMILES string of the molecule is CCOC(=O)c1ccnn1CCC[S+](C)[O-]. The molecule has 1 unspecified atom stereocenters. The first-order chi connectivity index (χ1) is 7.65. The highest BCUT2D eigenvalue weighted by atomic mass is 32.2. The molecule has 0 bridgehead atoms. The monoisotopic (exact) mass is 244 g/mol. The van der Waals surface area contributed by atoms with E-state index in [4.69, 9.17) is 4.74 Å². The molecule has 1 atom stereocenters. The Labute approximate surface area is 98.0 Å². The minimum atomic E-state index is -0.805. The molecule has 0 fully saturated rings. The maximum Gasteiger partial charge on any atom is 0.356 e. The van der Waals surface area contributed by atoms with Gasteiger partial charge in [-0.05, 0) is 13.0 Å². The fraction of sp³-hybridized carbons (Fsp3) is 0.600. The van der Waals surface area contributed by atoms with Crippen LogP contribution in [-0.4, -0.2) is 38.9 Å². The highest BCUT2D eigenvalue weighted by molar-refractivity contribution is 7.90. The van der Waals surface area contributed by atoms with Gasteiger partial charge in [0.05, 0.1) is 12.9 Å². The predicted octanol–water partition coefficient (Wildman–Crippen LogP) is 0.828. The lowest BCUT2D eigenvalue weighted by Crippen LogP contribution is -2.15. The topological polar surface area (TPSA) is 67.2 Å². The molecule has 0 N–H and O–H groups in total. The number of rotatable bonds is 6. The third-order valence-corrected chi connectivity index (χ3v) is 2.87. The Balaban J connectivity index is 2.53. The molecule has 16 heavy (non-hydrogen) atoms. The molecular weight excluding hydrogens is 228 g/mol. The summed E-state index contributed by atoms with van der Waals surface area (Å²) >= 11 is -0.805. The van der Waals surface area contributed by atoms with Gasteiger partial charge in [0.25, 0.3) is 0 Å². The van der Waals surface area contributed by atoms with Crippen LogP contribution in [0.1, 0.15) is 23.8 Å². The summed E-state index contributed by atoms with van der Waals surface area (Å²) in [6.07, 6.45) is 3.96. The lowest BCUT2D eigenvalue weighted by molar-refractivity contribution is 0.0511. The molecule has 6 heteroatoms. The van der Waals surface area contributed by atoms with E-state index in [9.17, 15) is 9.35 Å². The van der Waals surface area contributed by atoms with Crippen molar-refractivity contribution in [2.45, 2.75) is 19.9 Å². The maximum absolute atomic E-state index is 11.5. The molecule has 0 aromatic carbocycles.